The summed E-state index contributed by atoms with van der Waals surface area (Å²) in [5, 5.41) is 11.8. The van der Waals surface area contributed by atoms with Crippen LogP contribution in [0, 0.1) is 0 Å². The average molecular weight is 377 g/mol. The van der Waals surface area contributed by atoms with Crippen molar-refractivity contribution in [1.82, 2.24) is 14.8 Å². The Labute approximate surface area is 165 Å². The van der Waals surface area contributed by atoms with Crippen molar-refractivity contribution in [1.29, 1.82) is 0 Å². The molecule has 0 saturated carbocycles. The Hall–Kier alpha value is -2.34. The molecule has 1 aromatic heterocycles. The summed E-state index contributed by atoms with van der Waals surface area (Å²) in [5.41, 5.74) is 4.10. The predicted octanol–water partition coefficient (Wildman–Crippen LogP) is 2.65. The summed E-state index contributed by atoms with van der Waals surface area (Å²) in [6.45, 7) is 5.04. The molecule has 0 bridgehead atoms. The van der Waals surface area contributed by atoms with Crippen molar-refractivity contribution in [2.75, 3.05) is 32.8 Å². The number of hydrogen-bond acceptors (Lipinski definition) is 4. The molecule has 0 spiro atoms. The highest BCUT2D eigenvalue weighted by Gasteiger charge is 2.33. The van der Waals surface area contributed by atoms with Crippen LogP contribution in [-0.4, -0.2) is 64.8 Å². The van der Waals surface area contributed by atoms with Crippen LogP contribution in [0.15, 0.2) is 54.6 Å². The molecule has 146 valence electrons. The van der Waals surface area contributed by atoms with Crippen LogP contribution in [0.3, 0.4) is 0 Å². The fraction of sp³-hybridized carbons (Fsp3) is 0.391. The number of hydrogen-bond donors (Lipinski definition) is 2. The molecule has 0 radical (unpaired) electrons. The molecule has 2 aromatic carbocycles. The van der Waals surface area contributed by atoms with Gasteiger partial charge >= 0.3 is 0 Å². The number of benzene rings is 2. The lowest BCUT2D eigenvalue weighted by Crippen LogP contribution is -2.56. The number of aromatic nitrogens is 1. The molecule has 28 heavy (non-hydrogen) atoms. The van der Waals surface area contributed by atoms with Crippen LogP contribution in [0.5, 0.6) is 5.75 Å². The molecule has 2 N–H and O–H groups in total. The maximum Gasteiger partial charge on any atom is 0.119 e. The molecule has 1 fully saturated rings. The van der Waals surface area contributed by atoms with Gasteiger partial charge in [0.05, 0.1) is 0 Å². The van der Waals surface area contributed by atoms with E-state index < -0.39 is 6.10 Å². The number of H-pyrrole nitrogens is 1. The highest BCUT2D eigenvalue weighted by molar-refractivity contribution is 5.84. The summed E-state index contributed by atoms with van der Waals surface area (Å²) in [7, 11) is 0. The minimum absolute atomic E-state index is 0.335. The van der Waals surface area contributed by atoms with Crippen molar-refractivity contribution in [2.45, 2.75) is 25.1 Å². The Balaban J connectivity index is 1.20. The molecule has 3 heterocycles. The van der Waals surface area contributed by atoms with Crippen molar-refractivity contribution < 1.29 is 9.84 Å². The van der Waals surface area contributed by atoms with Gasteiger partial charge in [-0.25, -0.2) is 0 Å². The van der Waals surface area contributed by atoms with Gasteiger partial charge in [-0.3, -0.25) is 9.80 Å². The minimum Gasteiger partial charge on any atom is -0.491 e. The summed E-state index contributed by atoms with van der Waals surface area (Å²) in [5.74, 6) is 0.811. The topological polar surface area (TPSA) is 51.7 Å². The van der Waals surface area contributed by atoms with E-state index in [2.05, 4.69) is 39.0 Å². The van der Waals surface area contributed by atoms with Crippen LogP contribution in [0.2, 0.25) is 0 Å². The van der Waals surface area contributed by atoms with Gasteiger partial charge in [-0.1, -0.05) is 36.4 Å². The minimum atomic E-state index is -0.473. The third kappa shape index (κ3) is 3.53. The van der Waals surface area contributed by atoms with E-state index >= 15 is 0 Å². The lowest BCUT2D eigenvalue weighted by Gasteiger charge is -2.44. The average Bonchev–Trinajstić information content (AvgIpc) is 3.09. The van der Waals surface area contributed by atoms with Gasteiger partial charge in [0.15, 0.2) is 0 Å². The number of aliphatic hydroxyl groups excluding tert-OH is 1. The Morgan fingerprint density at radius 3 is 2.79 bits per heavy atom. The van der Waals surface area contributed by atoms with E-state index in [9.17, 15) is 5.11 Å². The van der Waals surface area contributed by atoms with Gasteiger partial charge in [-0.2, -0.15) is 0 Å². The van der Waals surface area contributed by atoms with E-state index in [0.717, 1.165) is 38.3 Å². The first kappa shape index (κ1) is 17.7. The first-order valence-corrected chi connectivity index (χ1v) is 10.2. The summed E-state index contributed by atoms with van der Waals surface area (Å²) < 4.78 is 5.71. The normalized spacial score (nSPS) is 21.2. The zero-order valence-electron chi connectivity index (χ0n) is 16.1. The molecule has 2 aliphatic rings. The zero-order chi connectivity index (χ0) is 18.9. The smallest absolute Gasteiger partial charge is 0.119 e. The Morgan fingerprint density at radius 1 is 1.07 bits per heavy atom. The molecular weight excluding hydrogens is 350 g/mol. The Bertz CT molecular complexity index is 939. The van der Waals surface area contributed by atoms with Crippen LogP contribution in [0.25, 0.3) is 10.9 Å². The monoisotopic (exact) mass is 377 g/mol. The largest absolute Gasteiger partial charge is 0.491 e. The number of para-hydroxylation sites is 2. The molecule has 5 rings (SSSR count). The highest BCUT2D eigenvalue weighted by atomic mass is 16.5. The van der Waals surface area contributed by atoms with Crippen molar-refractivity contribution in [3.8, 4) is 5.75 Å². The van der Waals surface area contributed by atoms with Crippen molar-refractivity contribution in [3.05, 3.63) is 65.9 Å². The number of β-amino-alcohol motifs (C(OH)–C–C–N with tert-alkyl or cyclic N) is 1. The summed E-state index contributed by atoms with van der Waals surface area (Å²) in [6, 6.07) is 18.8. The van der Waals surface area contributed by atoms with Gasteiger partial charge in [0.25, 0.3) is 0 Å². The molecule has 2 aliphatic heterocycles. The fourth-order valence-corrected chi connectivity index (χ4v) is 4.65. The fourth-order valence-electron chi connectivity index (χ4n) is 4.65. The third-order valence-corrected chi connectivity index (χ3v) is 6.05. The van der Waals surface area contributed by atoms with Gasteiger partial charge in [0.1, 0.15) is 18.5 Å². The summed E-state index contributed by atoms with van der Waals surface area (Å²) in [6.07, 6.45) is 0.603. The number of aliphatic hydroxyl groups is 1. The van der Waals surface area contributed by atoms with Gasteiger partial charge in [-0.15, -0.1) is 0 Å². The van der Waals surface area contributed by atoms with Gasteiger partial charge in [0.2, 0.25) is 0 Å². The van der Waals surface area contributed by atoms with Crippen LogP contribution >= 0.6 is 0 Å². The molecular formula is C23H27N3O2. The molecule has 0 amide bonds. The van der Waals surface area contributed by atoms with E-state index in [1.807, 2.05) is 30.3 Å². The lowest BCUT2D eigenvalue weighted by molar-refractivity contribution is 0.0173. The van der Waals surface area contributed by atoms with E-state index in [0.29, 0.717) is 19.2 Å². The van der Waals surface area contributed by atoms with Crippen LogP contribution < -0.4 is 4.74 Å². The van der Waals surface area contributed by atoms with Crippen LogP contribution in [-0.2, 0) is 13.0 Å². The third-order valence-electron chi connectivity index (χ3n) is 6.05. The van der Waals surface area contributed by atoms with Gasteiger partial charge < -0.3 is 14.8 Å². The maximum absolute atomic E-state index is 10.4. The second-order valence-corrected chi connectivity index (χ2v) is 7.99. The summed E-state index contributed by atoms with van der Waals surface area (Å²) in [4.78, 5) is 8.59. The lowest BCUT2D eigenvalue weighted by atomic mass is 9.94. The number of nitrogens with one attached hydrogen (secondary N) is 1. The standard InChI is InChI=1S/C23H27N3O2/c27-18(16-28-19-6-2-1-3-7-19)14-25-10-11-26-15-23-21(12-17(26)13-25)20-8-4-5-9-22(20)24-23/h1-9,17-18,24,27H,10-16H2. The molecule has 1 saturated heterocycles. The molecule has 2 unspecified atom stereocenters. The molecule has 0 aliphatic carbocycles. The number of rotatable bonds is 5. The number of aromatic amines is 1. The van der Waals surface area contributed by atoms with E-state index in [-0.39, 0.29) is 0 Å². The zero-order valence-corrected chi connectivity index (χ0v) is 16.1. The Kier molecular flexibility index (Phi) is 4.81. The quantitative estimate of drug-likeness (QED) is 0.718. The first-order chi connectivity index (χ1) is 13.8. The van der Waals surface area contributed by atoms with E-state index in [4.69, 9.17) is 4.74 Å². The van der Waals surface area contributed by atoms with Gasteiger partial charge in [0, 0.05) is 55.4 Å². The second-order valence-electron chi connectivity index (χ2n) is 7.99. The molecule has 5 heteroatoms. The second kappa shape index (κ2) is 7.59. The maximum atomic E-state index is 10.4. The van der Waals surface area contributed by atoms with Crippen LogP contribution in [0.4, 0.5) is 0 Å². The molecule has 2 atom stereocenters. The van der Waals surface area contributed by atoms with Crippen molar-refractivity contribution in [3.63, 3.8) is 0 Å². The van der Waals surface area contributed by atoms with Crippen LogP contribution in [0.1, 0.15) is 11.3 Å². The first-order valence-electron chi connectivity index (χ1n) is 10.2. The number of ether oxygens (including phenoxy) is 1. The molecule has 5 nitrogen and oxygen atoms in total. The van der Waals surface area contributed by atoms with Crippen molar-refractivity contribution in [2.24, 2.45) is 0 Å². The summed E-state index contributed by atoms with van der Waals surface area (Å²) >= 11 is 0. The van der Waals surface area contributed by atoms with Gasteiger partial charge in [-0.05, 0) is 30.2 Å². The predicted molar refractivity (Wildman–Crippen MR) is 111 cm³/mol. The van der Waals surface area contributed by atoms with E-state index in [1.165, 1.54) is 22.2 Å². The van der Waals surface area contributed by atoms with Crippen molar-refractivity contribution >= 4 is 10.9 Å². The van der Waals surface area contributed by atoms with E-state index in [1.54, 1.807) is 0 Å². The number of nitrogens with zero attached hydrogens (tertiary/aromatic N) is 2. The number of piperazine rings is 1. The molecule has 3 aromatic rings. The SMILES string of the molecule is OC(COc1ccccc1)CN1CCN2Cc3[nH]c4ccccc4c3CC2C1. The number of fused-ring (bicyclic) bond motifs is 4. The Morgan fingerprint density at radius 2 is 1.89 bits per heavy atom. The highest BCUT2D eigenvalue weighted by Crippen LogP contribution is 2.31.